The van der Waals surface area contributed by atoms with Crippen LogP contribution >= 0.6 is 0 Å². The van der Waals surface area contributed by atoms with Gasteiger partial charge in [-0.15, -0.1) is 0 Å². The Bertz CT molecular complexity index is 2850. The molecular weight excluding hydrogens is 1160 g/mol. The first-order valence-electron chi connectivity index (χ1n) is 31.2. The van der Waals surface area contributed by atoms with Gasteiger partial charge in [0.15, 0.2) is 11.6 Å². The molecule has 1 aromatic carbocycles. The first kappa shape index (κ1) is 76.6. The number of primary amides is 1. The van der Waals surface area contributed by atoms with Gasteiger partial charge >= 0.3 is 6.03 Å². The Kier molecular flexibility index (Phi) is 32.2. The van der Waals surface area contributed by atoms with Gasteiger partial charge < -0.3 is 46.3 Å². The Balaban J connectivity index is 1.59. The molecule has 23 nitrogen and oxygen atoms in total. The van der Waals surface area contributed by atoms with E-state index < -0.39 is 69.9 Å². The zero-order valence-corrected chi connectivity index (χ0v) is 56.1. The first-order valence-corrected chi connectivity index (χ1v) is 33.1. The number of likely N-dealkylation sites (tertiary alicyclic amines) is 1. The zero-order valence-electron chi connectivity index (χ0n) is 55.3. The summed E-state index contributed by atoms with van der Waals surface area (Å²) in [6.45, 7) is 18.1. The number of aromatic nitrogens is 2. The lowest BCUT2D eigenvalue weighted by Gasteiger charge is -2.41. The molecule has 1 aliphatic rings. The van der Waals surface area contributed by atoms with Gasteiger partial charge in [-0.1, -0.05) is 92.7 Å². The molecule has 0 saturated carbocycles. The molecule has 3 rings (SSSR count). The van der Waals surface area contributed by atoms with Gasteiger partial charge in [0.05, 0.1) is 48.4 Å². The molecule has 89 heavy (non-hydrogen) atoms. The fraction of sp³-hybridized carbons (Fsp3) is 0.677. The summed E-state index contributed by atoms with van der Waals surface area (Å²) in [5, 5.41) is 10.7. The SMILES string of the molecule is CC[C@H](C)[C@@H]([C@@H](CC(=O)N1CCC[C@H]1[C@H](OC)[C@@H](C)C(=O)CCC(=O)NCc1ccc(NC(=O)[C@H](CCCNC(N)=O)CC(=O)[C@@H](NC(=O)CCCC#Cc2cnc(S(C)(=O)=O)nc2)C(C)C)cc1)OC)N(C)C(=O)[C@@H](CC(=O)[C@H](C(C)C)N(C)C)C(C)C. The minimum Gasteiger partial charge on any atom is -0.379 e. The number of carbonyl (C=O) groups excluding carboxylic acids is 9. The van der Waals surface area contributed by atoms with Crippen LogP contribution in [0.1, 0.15) is 157 Å². The van der Waals surface area contributed by atoms with E-state index in [0.717, 1.165) is 6.26 Å². The van der Waals surface area contributed by atoms with Gasteiger partial charge in [-0.3, -0.25) is 43.3 Å². The second-order valence-corrected chi connectivity index (χ2v) is 26.9. The van der Waals surface area contributed by atoms with Crippen molar-refractivity contribution in [3.05, 3.63) is 47.8 Å². The average Bonchev–Trinajstić information content (AvgIpc) is 3.33. The molecule has 0 aliphatic carbocycles. The van der Waals surface area contributed by atoms with Crippen molar-refractivity contribution in [2.45, 2.75) is 194 Å². The number of amides is 7. The van der Waals surface area contributed by atoms with Gasteiger partial charge in [0.1, 0.15) is 5.78 Å². The van der Waals surface area contributed by atoms with Crippen molar-refractivity contribution in [1.29, 1.82) is 0 Å². The van der Waals surface area contributed by atoms with Crippen molar-refractivity contribution in [2.24, 2.45) is 47.2 Å². The highest BCUT2D eigenvalue weighted by Gasteiger charge is 2.43. The molecule has 2 aromatic rings. The molecule has 10 atom stereocenters. The minimum absolute atomic E-state index is 0.0147. The molecule has 6 N–H and O–H groups in total. The van der Waals surface area contributed by atoms with E-state index in [1.54, 1.807) is 69.0 Å². The molecule has 1 aromatic heterocycles. The first-order chi connectivity index (χ1) is 41.9. The average molecular weight is 1260 g/mol. The molecule has 0 unspecified atom stereocenters. The van der Waals surface area contributed by atoms with Gasteiger partial charge in [-0.2, -0.15) is 0 Å². The highest BCUT2D eigenvalue weighted by atomic mass is 32.2. The molecule has 0 spiro atoms. The standard InChI is InChI=1S/C65H102N10O13S/c1-16-43(8)60(74(12)63(83)49(40(2)3)35-53(78)59(42(6)7)73(10)11)54(87-13)36-57(81)75-33-21-24-50(75)61(88-14)44(9)51(76)30-31-55(79)68-37-45-26-28-48(29-27-45)71-62(82)47(23-20-32-67-64(66)84)34-52(77)58(41(4)5)72-56(80)25-19-17-18-22-46-38-69-65(70-39-46)89(15,85)86/h26-29,38-44,47,49-50,54,58-61H,16-17,19-21,23-25,30-37H2,1-15H3,(H,68,79)(H,71,82)(H,72,80)(H3,66,67,84)/t43-,44-,47+,49-,50-,54+,58-,59-,60-,61+/m0/s1. The van der Waals surface area contributed by atoms with Crippen LogP contribution in [0.4, 0.5) is 10.5 Å². The van der Waals surface area contributed by atoms with Crippen molar-refractivity contribution in [3.8, 4) is 11.8 Å². The lowest BCUT2D eigenvalue weighted by molar-refractivity contribution is -0.149. The van der Waals surface area contributed by atoms with Crippen molar-refractivity contribution in [1.82, 2.24) is 40.6 Å². The molecule has 496 valence electrons. The van der Waals surface area contributed by atoms with Crippen LogP contribution in [-0.2, 0) is 64.2 Å². The molecule has 0 radical (unpaired) electrons. The van der Waals surface area contributed by atoms with Crippen LogP contribution in [0, 0.1) is 53.3 Å². The zero-order chi connectivity index (χ0) is 66.9. The van der Waals surface area contributed by atoms with Gasteiger partial charge in [0.2, 0.25) is 44.5 Å². The summed E-state index contributed by atoms with van der Waals surface area (Å²) in [5.41, 5.74) is 6.80. The van der Waals surface area contributed by atoms with Gasteiger partial charge in [-0.25, -0.2) is 23.2 Å². The van der Waals surface area contributed by atoms with E-state index >= 15 is 0 Å². The molecular formula is C65H102N10O13S. The monoisotopic (exact) mass is 1260 g/mol. The molecule has 24 heteroatoms. The summed E-state index contributed by atoms with van der Waals surface area (Å²) in [7, 11) is 5.01. The summed E-state index contributed by atoms with van der Waals surface area (Å²) in [5.74, 6) is 1.25. The molecule has 1 fully saturated rings. The number of ketones is 3. The fourth-order valence-corrected chi connectivity index (χ4v) is 12.2. The number of Topliss-reactive ketones (excluding diaryl/α,β-unsaturated/α-hetero) is 3. The summed E-state index contributed by atoms with van der Waals surface area (Å²) in [6, 6.07) is 3.93. The highest BCUT2D eigenvalue weighted by molar-refractivity contribution is 7.90. The van der Waals surface area contributed by atoms with E-state index in [0.29, 0.717) is 61.9 Å². The number of nitrogens with one attached hydrogen (secondary N) is 4. The number of hydrogen-bond donors (Lipinski definition) is 5. The summed E-state index contributed by atoms with van der Waals surface area (Å²) >= 11 is 0. The largest absolute Gasteiger partial charge is 0.379 e. The molecule has 1 saturated heterocycles. The van der Waals surface area contributed by atoms with Crippen molar-refractivity contribution < 1.29 is 61.0 Å². The number of carbonyl (C=O) groups is 9. The quantitative estimate of drug-likeness (QED) is 0.0296. The van der Waals surface area contributed by atoms with Crippen LogP contribution in [0.2, 0.25) is 0 Å². The smallest absolute Gasteiger partial charge is 0.312 e. The van der Waals surface area contributed by atoms with Crippen LogP contribution < -0.4 is 27.0 Å². The maximum Gasteiger partial charge on any atom is 0.312 e. The highest BCUT2D eigenvalue weighted by Crippen LogP contribution is 2.32. The third kappa shape index (κ3) is 24.6. The number of methoxy groups -OCH3 is 2. The van der Waals surface area contributed by atoms with E-state index in [2.05, 4.69) is 43.1 Å². The number of nitrogens with two attached hydrogens (primary N) is 1. The van der Waals surface area contributed by atoms with E-state index in [4.69, 9.17) is 15.2 Å². The number of nitrogens with zero attached hydrogens (tertiary/aromatic N) is 5. The summed E-state index contributed by atoms with van der Waals surface area (Å²) in [6.07, 6.45) is 5.39. The summed E-state index contributed by atoms with van der Waals surface area (Å²) in [4.78, 5) is 134. The Morgan fingerprint density at radius 2 is 1.44 bits per heavy atom. The van der Waals surface area contributed by atoms with E-state index in [1.165, 1.54) is 19.5 Å². The van der Waals surface area contributed by atoms with E-state index in [1.807, 2.05) is 60.5 Å². The number of anilines is 1. The second-order valence-electron chi connectivity index (χ2n) is 25.0. The second kappa shape index (κ2) is 37.5. The Morgan fingerprint density at radius 1 is 0.787 bits per heavy atom. The number of urea groups is 1. The van der Waals surface area contributed by atoms with Gasteiger partial charge in [0.25, 0.3) is 0 Å². The Labute approximate surface area is 528 Å². The molecule has 2 heterocycles. The molecule has 7 amide bonds. The Hall–Kier alpha value is -6.68. The third-order valence-corrected chi connectivity index (χ3v) is 17.7. The van der Waals surface area contributed by atoms with Gasteiger partial charge in [0, 0.05) is 122 Å². The predicted molar refractivity (Wildman–Crippen MR) is 340 cm³/mol. The number of rotatable bonds is 38. The topological polar surface area (TPSA) is 316 Å². The molecule has 1 aliphatic heterocycles. The van der Waals surface area contributed by atoms with Crippen LogP contribution in [0.15, 0.2) is 41.8 Å². The van der Waals surface area contributed by atoms with Crippen LogP contribution in [0.3, 0.4) is 0 Å². The maximum atomic E-state index is 14.4. The lowest BCUT2D eigenvalue weighted by atomic mass is 9.83. The normalized spacial score (nSPS) is 16.4. The van der Waals surface area contributed by atoms with E-state index in [-0.39, 0.29) is 134 Å². The van der Waals surface area contributed by atoms with Crippen LogP contribution in [0.25, 0.3) is 0 Å². The number of benzene rings is 1. The van der Waals surface area contributed by atoms with Crippen LogP contribution in [-0.4, -0.2) is 177 Å². The molecule has 0 bridgehead atoms. The van der Waals surface area contributed by atoms with Crippen molar-refractivity contribution in [3.63, 3.8) is 0 Å². The number of sulfone groups is 1. The van der Waals surface area contributed by atoms with E-state index in [9.17, 15) is 51.6 Å². The minimum atomic E-state index is -3.55. The van der Waals surface area contributed by atoms with Crippen molar-refractivity contribution >= 4 is 68.4 Å². The summed E-state index contributed by atoms with van der Waals surface area (Å²) < 4.78 is 35.3. The number of ether oxygens (including phenoxy) is 2. The predicted octanol–water partition coefficient (Wildman–Crippen LogP) is 5.91. The fourth-order valence-electron chi connectivity index (χ4n) is 11.7. The Morgan fingerprint density at radius 3 is 1.99 bits per heavy atom. The maximum absolute atomic E-state index is 14.4. The number of unbranched alkanes of at least 4 members (excludes halogenated alkanes) is 1. The number of hydrogen-bond acceptors (Lipinski definition) is 16. The number of likely N-dealkylation sites (N-methyl/N-ethyl adjacent to an activating group) is 2. The van der Waals surface area contributed by atoms with Gasteiger partial charge in [-0.05, 0) is 87.6 Å². The van der Waals surface area contributed by atoms with Crippen LogP contribution in [0.5, 0.6) is 0 Å². The van der Waals surface area contributed by atoms with Crippen molar-refractivity contribution in [2.75, 3.05) is 60.0 Å². The third-order valence-electron chi connectivity index (χ3n) is 16.8. The lowest BCUT2D eigenvalue weighted by Crippen LogP contribution is -2.54.